The first-order valence-corrected chi connectivity index (χ1v) is 8.20. The van der Waals surface area contributed by atoms with E-state index in [-0.39, 0.29) is 28.9 Å². The van der Waals surface area contributed by atoms with Gasteiger partial charge < -0.3 is 4.74 Å². The lowest BCUT2D eigenvalue weighted by atomic mass is 9.57. The third kappa shape index (κ3) is 4.93. The van der Waals surface area contributed by atoms with E-state index in [1.165, 1.54) is 0 Å². The number of nitrogens with zero attached hydrogens (tertiary/aromatic N) is 1. The number of carbonyl (C=O) groups is 1. The van der Waals surface area contributed by atoms with Gasteiger partial charge in [-0.25, -0.2) is 4.79 Å². The molecule has 3 nitrogen and oxygen atoms in total. The van der Waals surface area contributed by atoms with Gasteiger partial charge in [0.15, 0.2) is 0 Å². The van der Waals surface area contributed by atoms with Crippen LogP contribution in [-0.4, -0.2) is 37.5 Å². The molecule has 1 fully saturated rings. The number of amides is 1. The van der Waals surface area contributed by atoms with Crippen LogP contribution in [0.15, 0.2) is 0 Å². The molecule has 0 spiro atoms. The lowest BCUT2D eigenvalue weighted by molar-refractivity contribution is 0.148. The van der Waals surface area contributed by atoms with Gasteiger partial charge in [0.1, 0.15) is 6.61 Å². The molecule has 1 aliphatic heterocycles. The number of hydrogen-bond acceptors (Lipinski definition) is 2. The van der Waals surface area contributed by atoms with Crippen molar-refractivity contribution in [1.29, 1.82) is 0 Å². The van der Waals surface area contributed by atoms with Gasteiger partial charge in [-0.1, -0.05) is 52.8 Å². The molecular formula is C17H32BNO2. The molecule has 0 aliphatic carbocycles. The maximum Gasteiger partial charge on any atom is 0.410 e. The highest BCUT2D eigenvalue weighted by Gasteiger charge is 2.37. The molecule has 0 aromatic rings. The first-order valence-electron chi connectivity index (χ1n) is 8.20. The van der Waals surface area contributed by atoms with Crippen molar-refractivity contribution in [3.8, 4) is 0 Å². The molecule has 0 aromatic carbocycles. The summed E-state index contributed by atoms with van der Waals surface area (Å²) in [5.41, 5.74) is 0.225. The Morgan fingerprint density at radius 1 is 1.29 bits per heavy atom. The molecule has 1 aliphatic rings. The molecule has 1 saturated heterocycles. The predicted molar refractivity (Wildman–Crippen MR) is 88.7 cm³/mol. The van der Waals surface area contributed by atoms with Crippen molar-refractivity contribution < 1.29 is 9.53 Å². The molecule has 1 rings (SSSR count). The van der Waals surface area contributed by atoms with Crippen LogP contribution in [0.1, 0.15) is 67.7 Å². The third-order valence-corrected chi connectivity index (χ3v) is 5.03. The van der Waals surface area contributed by atoms with E-state index in [1.54, 1.807) is 0 Å². The van der Waals surface area contributed by atoms with Gasteiger partial charge >= 0.3 is 6.09 Å². The average molecular weight is 293 g/mol. The first kappa shape index (κ1) is 18.4. The summed E-state index contributed by atoms with van der Waals surface area (Å²) < 4.78 is 5.19. The summed E-state index contributed by atoms with van der Waals surface area (Å²) in [5, 5.41) is -0.206. The summed E-state index contributed by atoms with van der Waals surface area (Å²) in [4.78, 5) is 13.6. The van der Waals surface area contributed by atoms with Gasteiger partial charge in [0, 0.05) is 6.04 Å². The number of rotatable bonds is 7. The standard InChI is InChI=1S/C17H32BNO2/c1-12(2)16(5,6)11-17(7,18)9-8-14-10-21-15(20)19(14)13(3)4/h12-14H,8-11H2,1-7H3. The van der Waals surface area contributed by atoms with Crippen molar-refractivity contribution in [3.05, 3.63) is 0 Å². The molecule has 0 aromatic heterocycles. The normalized spacial score (nSPS) is 22.8. The van der Waals surface area contributed by atoms with Gasteiger partial charge in [0.2, 0.25) is 0 Å². The zero-order valence-corrected chi connectivity index (χ0v) is 14.9. The summed E-state index contributed by atoms with van der Waals surface area (Å²) in [6.07, 6.45) is 2.62. The SMILES string of the molecule is [B]C(C)(CCC1COC(=O)N1C(C)C)CC(C)(C)C(C)C. The highest BCUT2D eigenvalue weighted by atomic mass is 16.6. The Bertz CT molecular complexity index is 364. The number of carbonyl (C=O) groups excluding carboxylic acids is 1. The zero-order valence-electron chi connectivity index (χ0n) is 14.9. The Morgan fingerprint density at radius 2 is 1.86 bits per heavy atom. The van der Waals surface area contributed by atoms with Crippen LogP contribution in [0.4, 0.5) is 4.79 Å². The highest BCUT2D eigenvalue weighted by Crippen LogP contribution is 2.44. The fourth-order valence-corrected chi connectivity index (χ4v) is 3.16. The number of hydrogen-bond donors (Lipinski definition) is 0. The zero-order chi connectivity index (χ0) is 16.4. The van der Waals surface area contributed by atoms with Gasteiger partial charge in [-0.3, -0.25) is 4.90 Å². The molecule has 2 radical (unpaired) electrons. The molecule has 0 N–H and O–H groups in total. The molecule has 2 atom stereocenters. The fraction of sp³-hybridized carbons (Fsp3) is 0.941. The van der Waals surface area contributed by atoms with Crippen LogP contribution in [0.2, 0.25) is 5.31 Å². The second-order valence-electron chi connectivity index (χ2n) is 8.24. The van der Waals surface area contributed by atoms with Crippen molar-refractivity contribution in [2.75, 3.05) is 6.61 Å². The van der Waals surface area contributed by atoms with Crippen molar-refractivity contribution in [2.45, 2.75) is 85.1 Å². The van der Waals surface area contributed by atoms with E-state index in [0.29, 0.717) is 12.5 Å². The Labute approximate surface area is 132 Å². The molecule has 4 heteroatoms. The van der Waals surface area contributed by atoms with E-state index < -0.39 is 0 Å². The van der Waals surface area contributed by atoms with E-state index in [0.717, 1.165) is 19.3 Å². The Morgan fingerprint density at radius 3 is 2.33 bits per heavy atom. The molecule has 1 heterocycles. The second kappa shape index (κ2) is 6.62. The molecule has 21 heavy (non-hydrogen) atoms. The molecule has 0 saturated carbocycles. The van der Waals surface area contributed by atoms with Gasteiger partial charge in [-0.05, 0) is 31.6 Å². The van der Waals surface area contributed by atoms with Crippen LogP contribution in [-0.2, 0) is 4.74 Å². The van der Waals surface area contributed by atoms with Crippen LogP contribution in [0.3, 0.4) is 0 Å². The average Bonchev–Trinajstić information content (AvgIpc) is 2.66. The smallest absolute Gasteiger partial charge is 0.410 e. The minimum atomic E-state index is -0.206. The third-order valence-electron chi connectivity index (χ3n) is 5.03. The molecule has 0 bridgehead atoms. The minimum absolute atomic E-state index is 0.169. The van der Waals surface area contributed by atoms with Crippen molar-refractivity contribution in [3.63, 3.8) is 0 Å². The van der Waals surface area contributed by atoms with Crippen molar-refractivity contribution in [1.82, 2.24) is 4.90 Å². The number of cyclic esters (lactones) is 1. The maximum absolute atomic E-state index is 11.7. The largest absolute Gasteiger partial charge is 0.447 e. The summed E-state index contributed by atoms with van der Waals surface area (Å²) in [6.45, 7) is 15.8. The second-order valence-corrected chi connectivity index (χ2v) is 8.24. The Hall–Kier alpha value is -0.665. The Kier molecular flexibility index (Phi) is 5.80. The minimum Gasteiger partial charge on any atom is -0.447 e. The summed E-state index contributed by atoms with van der Waals surface area (Å²) >= 11 is 0. The summed E-state index contributed by atoms with van der Waals surface area (Å²) in [5.74, 6) is 0.601. The van der Waals surface area contributed by atoms with E-state index in [2.05, 4.69) is 34.6 Å². The van der Waals surface area contributed by atoms with Crippen molar-refractivity contribution >= 4 is 13.9 Å². The Balaban J connectivity index is 2.59. The van der Waals surface area contributed by atoms with E-state index in [9.17, 15) is 4.79 Å². The van der Waals surface area contributed by atoms with Crippen LogP contribution in [0.25, 0.3) is 0 Å². The quantitative estimate of drug-likeness (QED) is 0.650. The van der Waals surface area contributed by atoms with E-state index in [4.69, 9.17) is 12.6 Å². The lowest BCUT2D eigenvalue weighted by Crippen LogP contribution is -2.39. The van der Waals surface area contributed by atoms with Gasteiger partial charge in [0.05, 0.1) is 13.9 Å². The van der Waals surface area contributed by atoms with Crippen LogP contribution in [0, 0.1) is 11.3 Å². The monoisotopic (exact) mass is 293 g/mol. The molecule has 2 unspecified atom stereocenters. The molecule has 120 valence electrons. The number of ether oxygens (including phenoxy) is 1. The highest BCUT2D eigenvalue weighted by molar-refractivity contribution is 6.14. The van der Waals surface area contributed by atoms with Gasteiger partial charge in [-0.15, -0.1) is 0 Å². The molecule has 1 amide bonds. The van der Waals surface area contributed by atoms with E-state index >= 15 is 0 Å². The summed E-state index contributed by atoms with van der Waals surface area (Å²) in [6, 6.07) is 0.351. The van der Waals surface area contributed by atoms with E-state index in [1.807, 2.05) is 18.7 Å². The van der Waals surface area contributed by atoms with Crippen LogP contribution < -0.4 is 0 Å². The molecular weight excluding hydrogens is 261 g/mol. The first-order chi connectivity index (χ1) is 9.46. The van der Waals surface area contributed by atoms with Crippen LogP contribution >= 0.6 is 0 Å². The van der Waals surface area contributed by atoms with Crippen LogP contribution in [0.5, 0.6) is 0 Å². The summed E-state index contributed by atoms with van der Waals surface area (Å²) in [7, 11) is 6.53. The maximum atomic E-state index is 11.7. The topological polar surface area (TPSA) is 29.5 Å². The van der Waals surface area contributed by atoms with Gasteiger partial charge in [-0.2, -0.15) is 0 Å². The fourth-order valence-electron chi connectivity index (χ4n) is 3.16. The van der Waals surface area contributed by atoms with Crippen molar-refractivity contribution in [2.24, 2.45) is 11.3 Å². The predicted octanol–water partition coefficient (Wildman–Crippen LogP) is 4.42. The lowest BCUT2D eigenvalue weighted by Gasteiger charge is -2.39. The van der Waals surface area contributed by atoms with Gasteiger partial charge in [0.25, 0.3) is 0 Å².